The molecule has 0 heterocycles. The van der Waals surface area contributed by atoms with E-state index in [1.165, 1.54) is 7.11 Å². The zero-order chi connectivity index (χ0) is 26.3. The summed E-state index contributed by atoms with van der Waals surface area (Å²) in [6, 6.07) is 0. The van der Waals surface area contributed by atoms with Crippen LogP contribution in [0.4, 0.5) is 4.79 Å². The summed E-state index contributed by atoms with van der Waals surface area (Å²) in [6.07, 6.45) is -0.561. The van der Waals surface area contributed by atoms with Crippen LogP contribution in [-0.4, -0.2) is 61.8 Å². The van der Waals surface area contributed by atoms with E-state index < -0.39 is 66.5 Å². The van der Waals surface area contributed by atoms with Crippen molar-refractivity contribution >= 4 is 32.3 Å². The first-order valence-electron chi connectivity index (χ1n) is 11.7. The fraction of sp³-hybridized carbons (Fsp3) is 0.826. The Bertz CT molecular complexity index is 837. The molecule has 3 N–H and O–H groups in total. The quantitative estimate of drug-likeness (QED) is 0.249. The van der Waals surface area contributed by atoms with Crippen LogP contribution < -0.4 is 10.6 Å². The van der Waals surface area contributed by atoms with Crippen molar-refractivity contribution in [3.63, 3.8) is 0 Å². The fourth-order valence-electron chi connectivity index (χ4n) is 4.91. The van der Waals surface area contributed by atoms with Crippen LogP contribution >= 0.6 is 0 Å². The molecule has 0 radical (unpaired) electrons. The van der Waals surface area contributed by atoms with Crippen molar-refractivity contribution in [2.24, 2.45) is 17.8 Å². The molecule has 0 saturated heterocycles. The molecule has 10 nitrogen and oxygen atoms in total. The average Bonchev–Trinajstić information content (AvgIpc) is 3.25. The van der Waals surface area contributed by atoms with E-state index in [9.17, 15) is 24.3 Å². The predicted molar refractivity (Wildman–Crippen MR) is 126 cm³/mol. The smallest absolute Gasteiger partial charge is 0.408 e. The van der Waals surface area contributed by atoms with Crippen molar-refractivity contribution in [3.8, 4) is 0 Å². The molecule has 2 saturated carbocycles. The zero-order valence-electron chi connectivity index (χ0n) is 21.7. The van der Waals surface area contributed by atoms with Gasteiger partial charge >= 0.3 is 18.0 Å². The molecule has 2 fully saturated rings. The lowest BCUT2D eigenvalue weighted by molar-refractivity contribution is -0.144. The molecule has 2 rings (SSSR count). The van der Waals surface area contributed by atoms with Crippen LogP contribution in [0.1, 0.15) is 60.8 Å². The summed E-state index contributed by atoms with van der Waals surface area (Å²) >= 11 is 0. The summed E-state index contributed by atoms with van der Waals surface area (Å²) in [4.78, 5) is 49.8. The van der Waals surface area contributed by atoms with Gasteiger partial charge in [-0.15, -0.1) is 0 Å². The topological polar surface area (TPSA) is 140 Å². The van der Waals surface area contributed by atoms with Crippen LogP contribution in [0.25, 0.3) is 0 Å². The number of nitrogens with one attached hydrogen (secondary N) is 2. The summed E-state index contributed by atoms with van der Waals surface area (Å²) < 4.78 is 16.5. The second-order valence-electron chi connectivity index (χ2n) is 11.6. The molecule has 34 heavy (non-hydrogen) atoms. The molecule has 0 aliphatic heterocycles. The minimum absolute atomic E-state index is 0.0512. The van der Waals surface area contributed by atoms with Gasteiger partial charge < -0.3 is 29.6 Å². The van der Waals surface area contributed by atoms with Gasteiger partial charge in [0.25, 0.3) is 0 Å². The monoisotopic (exact) mass is 500 g/mol. The van der Waals surface area contributed by atoms with Crippen LogP contribution in [0, 0.1) is 17.8 Å². The maximum absolute atomic E-state index is 13.6. The lowest BCUT2D eigenvalue weighted by Gasteiger charge is -2.41. The maximum atomic E-state index is 13.6. The number of methoxy groups -OCH3 is 1. The number of alkyl carbamates (subject to hydrolysis) is 1. The first-order chi connectivity index (χ1) is 15.4. The SMILES string of the molecule is COC(=O)[C@H]1[C@@H]2CC[C@@](NC(=O)OC(C)(C)C)(C(=O)NC(C)O[Si](C)(C)C(C)(C)CC(=O)O)[C@@H]21. The van der Waals surface area contributed by atoms with Gasteiger partial charge in [0.2, 0.25) is 5.91 Å². The second kappa shape index (κ2) is 9.48. The summed E-state index contributed by atoms with van der Waals surface area (Å²) in [5.74, 6) is -2.67. The average molecular weight is 501 g/mol. The summed E-state index contributed by atoms with van der Waals surface area (Å²) in [5, 5.41) is 14.3. The van der Waals surface area contributed by atoms with Gasteiger partial charge in [-0.05, 0) is 64.6 Å². The number of carboxylic acids is 1. The molecule has 0 spiro atoms. The highest BCUT2D eigenvalue weighted by Crippen LogP contribution is 2.62. The summed E-state index contributed by atoms with van der Waals surface area (Å²) in [5.41, 5.74) is -2.08. The van der Waals surface area contributed by atoms with Crippen molar-refractivity contribution in [1.29, 1.82) is 0 Å². The first-order valence-corrected chi connectivity index (χ1v) is 14.6. The predicted octanol–water partition coefficient (Wildman–Crippen LogP) is 3.02. The van der Waals surface area contributed by atoms with E-state index in [-0.39, 0.29) is 12.3 Å². The number of hydrogen-bond acceptors (Lipinski definition) is 7. The number of fused-ring (bicyclic) bond motifs is 1. The molecule has 0 aromatic rings. The number of carbonyl (C=O) groups is 4. The van der Waals surface area contributed by atoms with E-state index in [2.05, 4.69) is 10.6 Å². The molecular formula is C23H40N2O8Si. The van der Waals surface area contributed by atoms with E-state index in [4.69, 9.17) is 13.9 Å². The van der Waals surface area contributed by atoms with Gasteiger partial charge in [0, 0.05) is 5.92 Å². The minimum Gasteiger partial charge on any atom is -0.481 e. The van der Waals surface area contributed by atoms with Gasteiger partial charge in [0.05, 0.1) is 19.4 Å². The van der Waals surface area contributed by atoms with Crippen LogP contribution in [-0.2, 0) is 28.3 Å². The Labute approximate surface area is 202 Å². The van der Waals surface area contributed by atoms with Crippen molar-refractivity contribution in [1.82, 2.24) is 10.6 Å². The molecule has 0 aromatic carbocycles. The maximum Gasteiger partial charge on any atom is 0.408 e. The van der Waals surface area contributed by atoms with Gasteiger partial charge in [-0.25, -0.2) is 4.79 Å². The molecule has 2 amide bonds. The van der Waals surface area contributed by atoms with Crippen molar-refractivity contribution in [3.05, 3.63) is 0 Å². The zero-order valence-corrected chi connectivity index (χ0v) is 22.7. The summed E-state index contributed by atoms with van der Waals surface area (Å²) in [6.45, 7) is 14.4. The Hall–Kier alpha value is -2.14. The largest absolute Gasteiger partial charge is 0.481 e. The number of rotatable bonds is 9. The highest BCUT2D eigenvalue weighted by molar-refractivity contribution is 6.74. The Morgan fingerprint density at radius 2 is 1.74 bits per heavy atom. The minimum atomic E-state index is -2.58. The van der Waals surface area contributed by atoms with Gasteiger partial charge in [0.15, 0.2) is 8.32 Å². The molecule has 2 aliphatic carbocycles. The van der Waals surface area contributed by atoms with Crippen molar-refractivity contribution < 1.29 is 38.2 Å². The third kappa shape index (κ3) is 5.91. The third-order valence-electron chi connectivity index (χ3n) is 7.24. The van der Waals surface area contributed by atoms with Crippen molar-refractivity contribution in [2.75, 3.05) is 7.11 Å². The highest BCUT2D eigenvalue weighted by atomic mass is 28.4. The summed E-state index contributed by atoms with van der Waals surface area (Å²) in [7, 11) is -1.27. The fourth-order valence-corrected chi connectivity index (χ4v) is 6.75. The lowest BCUT2D eigenvalue weighted by Crippen LogP contribution is -2.62. The van der Waals surface area contributed by atoms with Crippen LogP contribution in [0.3, 0.4) is 0 Å². The number of esters is 1. The molecule has 1 unspecified atom stereocenters. The van der Waals surface area contributed by atoms with Gasteiger partial charge in [-0.2, -0.15) is 0 Å². The van der Waals surface area contributed by atoms with Crippen LogP contribution in [0.15, 0.2) is 0 Å². The standard InChI is InChI=1S/C23H40N2O8Si/c1-13(33-34(8,9)22(5,6)12-15(26)27)24-19(29)23(25-20(30)32-21(2,3)4)11-10-14-16(17(14)23)18(28)31-7/h13-14,16-17H,10-12H2,1-9H3,(H,24,29)(H,25,30)(H,26,27)/t13?,14-,16-,17-,23-/m0/s1. The first kappa shape index (κ1) is 28.1. The second-order valence-corrected chi connectivity index (χ2v) is 16.2. The number of carboxylic acid groups (broad SMARTS) is 1. The molecule has 0 bridgehead atoms. The number of hydrogen-bond donors (Lipinski definition) is 3. The molecule has 5 atom stereocenters. The molecule has 2 aliphatic rings. The van der Waals surface area contributed by atoms with E-state index in [1.807, 2.05) is 26.9 Å². The number of carbonyl (C=O) groups excluding carboxylic acids is 3. The lowest BCUT2D eigenvalue weighted by atomic mass is 9.89. The van der Waals surface area contributed by atoms with Crippen molar-refractivity contribution in [2.45, 2.75) is 96.3 Å². The third-order valence-corrected chi connectivity index (χ3v) is 11.6. The number of aliphatic carboxylic acids is 1. The number of amides is 2. The molecule has 11 heteroatoms. The normalized spacial score (nSPS) is 27.3. The Balaban J connectivity index is 2.22. The van der Waals surface area contributed by atoms with Gasteiger partial charge in [0.1, 0.15) is 17.4 Å². The van der Waals surface area contributed by atoms with E-state index >= 15 is 0 Å². The van der Waals surface area contributed by atoms with Gasteiger partial charge in [-0.3, -0.25) is 14.4 Å². The highest BCUT2D eigenvalue weighted by Gasteiger charge is 2.72. The molecule has 0 aromatic heterocycles. The Morgan fingerprint density at radius 1 is 1.15 bits per heavy atom. The van der Waals surface area contributed by atoms with Gasteiger partial charge in [-0.1, -0.05) is 13.8 Å². The Kier molecular flexibility index (Phi) is 7.84. The van der Waals surface area contributed by atoms with E-state index in [0.29, 0.717) is 12.8 Å². The van der Waals surface area contributed by atoms with Crippen LogP contribution in [0.2, 0.25) is 18.1 Å². The van der Waals surface area contributed by atoms with E-state index in [0.717, 1.165) is 0 Å². The number of ether oxygens (including phenoxy) is 2. The molecular weight excluding hydrogens is 460 g/mol. The molecule has 194 valence electrons. The van der Waals surface area contributed by atoms with Crippen LogP contribution in [0.5, 0.6) is 0 Å². The Morgan fingerprint density at radius 3 is 2.24 bits per heavy atom. The van der Waals surface area contributed by atoms with E-state index in [1.54, 1.807) is 27.7 Å².